The molecular formula is C30H32BrNO2Si. The summed E-state index contributed by atoms with van der Waals surface area (Å²) in [6.45, 7) is 7.75. The van der Waals surface area contributed by atoms with E-state index in [2.05, 4.69) is 85.2 Å². The van der Waals surface area contributed by atoms with Crippen LogP contribution in [0.5, 0.6) is 0 Å². The number of halogens is 1. The molecule has 0 N–H and O–H groups in total. The molecule has 0 atom stereocenters. The zero-order valence-corrected chi connectivity index (χ0v) is 23.2. The Labute approximate surface area is 217 Å². The van der Waals surface area contributed by atoms with E-state index in [1.54, 1.807) is 4.57 Å². The fourth-order valence-electron chi connectivity index (χ4n) is 4.76. The standard InChI is InChI=1S/C30H32BrNO2Si/c1-30(2,3)35(26-11-6-4-7-12-26,27-13-8-5-9-14-27)34-22-21-32-20-10-15-28(29(32)33)25-18-16-24(23-31)17-19-25/h4-20H,21-23H2,1-3H3. The van der Waals surface area contributed by atoms with Crippen molar-refractivity contribution >= 4 is 34.6 Å². The van der Waals surface area contributed by atoms with Gasteiger partial charge in [0, 0.05) is 23.6 Å². The van der Waals surface area contributed by atoms with E-state index in [1.807, 2.05) is 54.7 Å². The Balaban J connectivity index is 1.65. The molecule has 4 rings (SSSR count). The van der Waals surface area contributed by atoms with Gasteiger partial charge in [0.15, 0.2) is 0 Å². The molecule has 4 aromatic rings. The first-order chi connectivity index (χ1) is 16.9. The molecule has 3 aromatic carbocycles. The predicted octanol–water partition coefficient (Wildman–Crippen LogP) is 5.99. The fraction of sp³-hybridized carbons (Fsp3) is 0.233. The van der Waals surface area contributed by atoms with Crippen LogP contribution in [-0.2, 0) is 16.3 Å². The van der Waals surface area contributed by atoms with Crippen LogP contribution < -0.4 is 15.9 Å². The quantitative estimate of drug-likeness (QED) is 0.201. The second-order valence-corrected chi connectivity index (χ2v) is 14.6. The largest absolute Gasteiger partial charge is 0.406 e. The Bertz CT molecular complexity index is 1260. The number of hydrogen-bond acceptors (Lipinski definition) is 2. The molecule has 5 heteroatoms. The number of rotatable bonds is 8. The molecule has 1 aromatic heterocycles. The Kier molecular flexibility index (Phi) is 7.90. The normalized spacial score (nSPS) is 12.0. The molecule has 0 fully saturated rings. The maximum absolute atomic E-state index is 13.3. The van der Waals surface area contributed by atoms with E-state index in [0.29, 0.717) is 18.7 Å². The maximum Gasteiger partial charge on any atom is 0.261 e. The number of aromatic nitrogens is 1. The van der Waals surface area contributed by atoms with Gasteiger partial charge in [0.2, 0.25) is 0 Å². The van der Waals surface area contributed by atoms with Gasteiger partial charge in [-0.3, -0.25) is 4.79 Å². The lowest BCUT2D eigenvalue weighted by molar-refractivity contribution is 0.279. The highest BCUT2D eigenvalue weighted by molar-refractivity contribution is 9.08. The molecule has 180 valence electrons. The first kappa shape index (κ1) is 25.4. The molecule has 0 spiro atoms. The lowest BCUT2D eigenvalue weighted by Crippen LogP contribution is -2.66. The highest BCUT2D eigenvalue weighted by Crippen LogP contribution is 2.36. The minimum atomic E-state index is -2.63. The van der Waals surface area contributed by atoms with Crippen molar-refractivity contribution < 1.29 is 4.43 Å². The van der Waals surface area contributed by atoms with E-state index in [-0.39, 0.29) is 10.6 Å². The van der Waals surface area contributed by atoms with Gasteiger partial charge in [-0.05, 0) is 38.7 Å². The number of pyridine rings is 1. The van der Waals surface area contributed by atoms with Gasteiger partial charge < -0.3 is 8.99 Å². The van der Waals surface area contributed by atoms with E-state index in [4.69, 9.17) is 4.43 Å². The Morgan fingerprint density at radius 3 is 1.89 bits per heavy atom. The predicted molar refractivity (Wildman–Crippen MR) is 152 cm³/mol. The molecule has 0 saturated heterocycles. The molecule has 0 amide bonds. The third-order valence-corrected chi connectivity index (χ3v) is 12.2. The van der Waals surface area contributed by atoms with Gasteiger partial charge in [-0.1, -0.05) is 122 Å². The first-order valence-electron chi connectivity index (χ1n) is 12.0. The molecule has 1 heterocycles. The molecule has 35 heavy (non-hydrogen) atoms. The fourth-order valence-corrected chi connectivity index (χ4v) is 9.69. The van der Waals surface area contributed by atoms with Crippen molar-refractivity contribution in [1.29, 1.82) is 0 Å². The Morgan fingerprint density at radius 1 is 0.800 bits per heavy atom. The second kappa shape index (κ2) is 10.9. The van der Waals surface area contributed by atoms with Crippen molar-refractivity contribution in [3.8, 4) is 11.1 Å². The van der Waals surface area contributed by atoms with Gasteiger partial charge in [-0.15, -0.1) is 0 Å². The number of alkyl halides is 1. The molecular weight excluding hydrogens is 514 g/mol. The van der Waals surface area contributed by atoms with Gasteiger partial charge in [-0.25, -0.2) is 0 Å². The van der Waals surface area contributed by atoms with E-state index in [9.17, 15) is 4.79 Å². The van der Waals surface area contributed by atoms with Crippen molar-refractivity contribution in [2.45, 2.75) is 37.7 Å². The van der Waals surface area contributed by atoms with Gasteiger partial charge in [0.05, 0.1) is 6.61 Å². The maximum atomic E-state index is 13.3. The van der Waals surface area contributed by atoms with Crippen LogP contribution in [0.4, 0.5) is 0 Å². The van der Waals surface area contributed by atoms with Crippen LogP contribution in [0.25, 0.3) is 11.1 Å². The van der Waals surface area contributed by atoms with E-state index in [0.717, 1.165) is 10.9 Å². The molecule has 0 aliphatic carbocycles. The zero-order chi connectivity index (χ0) is 24.9. The number of hydrogen-bond donors (Lipinski definition) is 0. The van der Waals surface area contributed by atoms with Crippen molar-refractivity contribution in [3.63, 3.8) is 0 Å². The highest BCUT2D eigenvalue weighted by Gasteiger charge is 2.50. The van der Waals surface area contributed by atoms with Gasteiger partial charge in [0.25, 0.3) is 13.9 Å². The summed E-state index contributed by atoms with van der Waals surface area (Å²) in [6.07, 6.45) is 1.85. The lowest BCUT2D eigenvalue weighted by atomic mass is 10.1. The van der Waals surface area contributed by atoms with Crippen molar-refractivity contribution in [2.75, 3.05) is 6.61 Å². The van der Waals surface area contributed by atoms with Crippen LogP contribution in [0.2, 0.25) is 5.04 Å². The topological polar surface area (TPSA) is 31.2 Å². The smallest absolute Gasteiger partial charge is 0.261 e. The Morgan fingerprint density at radius 2 is 1.37 bits per heavy atom. The summed E-state index contributed by atoms with van der Waals surface area (Å²) in [7, 11) is -2.63. The first-order valence-corrected chi connectivity index (χ1v) is 15.0. The van der Waals surface area contributed by atoms with Gasteiger partial charge >= 0.3 is 0 Å². The summed E-state index contributed by atoms with van der Waals surface area (Å²) < 4.78 is 8.74. The van der Waals surface area contributed by atoms with Crippen LogP contribution >= 0.6 is 15.9 Å². The summed E-state index contributed by atoms with van der Waals surface area (Å²) in [6, 6.07) is 33.2. The molecule has 0 unspecified atom stereocenters. The molecule has 0 radical (unpaired) electrons. The van der Waals surface area contributed by atoms with Gasteiger partial charge in [0.1, 0.15) is 0 Å². The van der Waals surface area contributed by atoms with Crippen LogP contribution in [0, 0.1) is 0 Å². The summed E-state index contributed by atoms with van der Waals surface area (Å²) in [5.41, 5.74) is 2.83. The van der Waals surface area contributed by atoms with Crippen LogP contribution in [0.15, 0.2) is 108 Å². The lowest BCUT2D eigenvalue weighted by Gasteiger charge is -2.43. The summed E-state index contributed by atoms with van der Waals surface area (Å²) >= 11 is 3.48. The van der Waals surface area contributed by atoms with E-state index >= 15 is 0 Å². The van der Waals surface area contributed by atoms with Crippen LogP contribution in [0.1, 0.15) is 26.3 Å². The molecule has 0 aliphatic heterocycles. The minimum Gasteiger partial charge on any atom is -0.406 e. The highest BCUT2D eigenvalue weighted by atomic mass is 79.9. The van der Waals surface area contributed by atoms with Crippen molar-refractivity contribution in [2.24, 2.45) is 0 Å². The number of nitrogens with zero attached hydrogens (tertiary/aromatic N) is 1. The Hall–Kier alpha value is -2.73. The summed E-state index contributed by atoms with van der Waals surface area (Å²) in [4.78, 5) is 13.3. The van der Waals surface area contributed by atoms with Crippen LogP contribution in [0.3, 0.4) is 0 Å². The van der Waals surface area contributed by atoms with Crippen LogP contribution in [-0.4, -0.2) is 19.5 Å². The SMILES string of the molecule is CC(C)(C)[Si](OCCn1cccc(-c2ccc(CBr)cc2)c1=O)(c1ccccc1)c1ccccc1. The minimum absolute atomic E-state index is 0.00476. The number of benzene rings is 3. The summed E-state index contributed by atoms with van der Waals surface area (Å²) in [5.74, 6) is 0. The average Bonchev–Trinajstić information content (AvgIpc) is 2.88. The zero-order valence-electron chi connectivity index (χ0n) is 20.6. The molecule has 0 bridgehead atoms. The van der Waals surface area contributed by atoms with E-state index in [1.165, 1.54) is 15.9 Å². The van der Waals surface area contributed by atoms with Crippen molar-refractivity contribution in [3.05, 3.63) is 119 Å². The third kappa shape index (κ3) is 5.27. The second-order valence-electron chi connectivity index (χ2n) is 9.76. The summed E-state index contributed by atoms with van der Waals surface area (Å²) in [5, 5.41) is 3.18. The molecule has 0 saturated carbocycles. The van der Waals surface area contributed by atoms with Gasteiger partial charge in [-0.2, -0.15) is 0 Å². The molecule has 0 aliphatic rings. The molecule has 3 nitrogen and oxygen atoms in total. The van der Waals surface area contributed by atoms with Crippen molar-refractivity contribution in [1.82, 2.24) is 4.57 Å². The van der Waals surface area contributed by atoms with E-state index < -0.39 is 8.32 Å². The average molecular weight is 547 g/mol. The third-order valence-electron chi connectivity index (χ3n) is 6.51. The monoisotopic (exact) mass is 545 g/mol.